The molecule has 2 fully saturated rings. The largest absolute Gasteiger partial charge is 0.216 e. The Morgan fingerprint density at radius 3 is 1.81 bits per heavy atom. The van der Waals surface area contributed by atoms with Crippen LogP contribution in [0.2, 0.25) is 0 Å². The normalized spacial score (nSPS) is 29.3. The molecule has 0 bridgehead atoms. The maximum atomic E-state index is 13.1. The van der Waals surface area contributed by atoms with E-state index < -0.39 is 0 Å². The van der Waals surface area contributed by atoms with Crippen molar-refractivity contribution in [1.82, 2.24) is 0 Å². The Balaban J connectivity index is 1.29. The van der Waals surface area contributed by atoms with Crippen molar-refractivity contribution in [2.75, 3.05) is 0 Å². The minimum absolute atomic E-state index is 0.126. The minimum Gasteiger partial charge on any atom is -0.216 e. The van der Waals surface area contributed by atoms with Crippen LogP contribution in [0.15, 0.2) is 36.7 Å². The first-order chi connectivity index (χ1) is 13.2. The van der Waals surface area contributed by atoms with Crippen LogP contribution in [-0.4, -0.2) is 0 Å². The fraction of sp³-hybridized carbons (Fsp3) is 0.680. The number of rotatable bonds is 8. The van der Waals surface area contributed by atoms with E-state index in [1.165, 1.54) is 76.2 Å². The molecule has 2 aliphatic rings. The van der Waals surface area contributed by atoms with Gasteiger partial charge in [-0.3, -0.25) is 0 Å². The average Bonchev–Trinajstić information content (AvgIpc) is 2.72. The van der Waals surface area contributed by atoms with Gasteiger partial charge in [0.25, 0.3) is 0 Å². The van der Waals surface area contributed by atoms with Crippen molar-refractivity contribution < 1.29 is 8.78 Å². The van der Waals surface area contributed by atoms with Crippen molar-refractivity contribution in [2.24, 2.45) is 17.8 Å². The van der Waals surface area contributed by atoms with Gasteiger partial charge in [0.05, 0.1) is 6.33 Å². The van der Waals surface area contributed by atoms with Crippen LogP contribution in [-0.2, 0) is 0 Å². The molecule has 2 saturated carbocycles. The monoisotopic (exact) mass is 374 g/mol. The van der Waals surface area contributed by atoms with Crippen molar-refractivity contribution in [2.45, 2.75) is 89.4 Å². The van der Waals surface area contributed by atoms with Crippen molar-refractivity contribution in [3.63, 3.8) is 0 Å². The second-order valence-electron chi connectivity index (χ2n) is 9.03. The van der Waals surface area contributed by atoms with Gasteiger partial charge in [0.1, 0.15) is 5.82 Å². The molecular weight excluding hydrogens is 338 g/mol. The summed E-state index contributed by atoms with van der Waals surface area (Å²) in [6, 6.07) is 7.17. The number of benzene rings is 1. The van der Waals surface area contributed by atoms with E-state index in [0.29, 0.717) is 12.2 Å². The number of hydrogen-bond acceptors (Lipinski definition) is 0. The number of halogens is 2. The van der Waals surface area contributed by atoms with Crippen molar-refractivity contribution >= 4 is 0 Å². The van der Waals surface area contributed by atoms with Crippen molar-refractivity contribution in [3.05, 3.63) is 48.1 Å². The molecule has 0 amide bonds. The summed E-state index contributed by atoms with van der Waals surface area (Å²) >= 11 is 0. The topological polar surface area (TPSA) is 0 Å². The summed E-state index contributed by atoms with van der Waals surface area (Å²) in [6.45, 7) is 0. The van der Waals surface area contributed by atoms with E-state index in [4.69, 9.17) is 0 Å². The van der Waals surface area contributed by atoms with Crippen molar-refractivity contribution in [1.29, 1.82) is 0 Å². The van der Waals surface area contributed by atoms with Crippen LogP contribution in [0.3, 0.4) is 0 Å². The second-order valence-corrected chi connectivity index (χ2v) is 9.03. The maximum Gasteiger partial charge on any atom is 0.123 e. The van der Waals surface area contributed by atoms with Gasteiger partial charge in [0.2, 0.25) is 0 Å². The Morgan fingerprint density at radius 1 is 0.741 bits per heavy atom. The molecule has 0 saturated heterocycles. The van der Waals surface area contributed by atoms with Crippen LogP contribution >= 0.6 is 0 Å². The van der Waals surface area contributed by atoms with E-state index in [1.54, 1.807) is 18.2 Å². The molecule has 27 heavy (non-hydrogen) atoms. The van der Waals surface area contributed by atoms with Gasteiger partial charge < -0.3 is 0 Å². The highest BCUT2D eigenvalue weighted by molar-refractivity contribution is 5.20. The van der Waals surface area contributed by atoms with Crippen LogP contribution in [0.1, 0.15) is 95.0 Å². The first-order valence-electron chi connectivity index (χ1n) is 11.2. The van der Waals surface area contributed by atoms with Gasteiger partial charge >= 0.3 is 0 Å². The highest BCUT2D eigenvalue weighted by Crippen LogP contribution is 2.40. The summed E-state index contributed by atoms with van der Waals surface area (Å²) in [5.74, 6) is 3.26. The molecule has 0 N–H and O–H groups in total. The molecule has 0 aromatic heterocycles. The van der Waals surface area contributed by atoms with Gasteiger partial charge in [-0.2, -0.15) is 0 Å². The molecule has 2 heteroatoms. The van der Waals surface area contributed by atoms with Crippen LogP contribution in [0.25, 0.3) is 0 Å². The summed E-state index contributed by atoms with van der Waals surface area (Å²) in [6.07, 6.45) is 19.3. The quantitative estimate of drug-likeness (QED) is 0.401. The smallest absolute Gasteiger partial charge is 0.123 e. The molecule has 0 spiro atoms. The summed E-state index contributed by atoms with van der Waals surface area (Å²) < 4.78 is 25.1. The Labute approximate surface area is 164 Å². The maximum absolute atomic E-state index is 13.1. The van der Waals surface area contributed by atoms with Gasteiger partial charge in [-0.1, -0.05) is 63.2 Å². The van der Waals surface area contributed by atoms with E-state index in [-0.39, 0.29) is 5.82 Å². The molecule has 0 aliphatic heterocycles. The Bertz CT molecular complexity index is 546. The first kappa shape index (κ1) is 20.6. The predicted octanol–water partition coefficient (Wildman–Crippen LogP) is 8.34. The van der Waals surface area contributed by atoms with Gasteiger partial charge in [-0.05, 0) is 79.9 Å². The Morgan fingerprint density at radius 2 is 1.26 bits per heavy atom. The molecule has 0 unspecified atom stereocenters. The third-order valence-electron chi connectivity index (χ3n) is 7.21. The first-order valence-corrected chi connectivity index (χ1v) is 11.2. The van der Waals surface area contributed by atoms with E-state index in [9.17, 15) is 8.78 Å². The van der Waals surface area contributed by atoms with Gasteiger partial charge in [0, 0.05) is 0 Å². The predicted molar refractivity (Wildman–Crippen MR) is 110 cm³/mol. The lowest BCUT2D eigenvalue weighted by atomic mass is 9.74. The summed E-state index contributed by atoms with van der Waals surface area (Å²) in [7, 11) is 0. The fourth-order valence-electron chi connectivity index (χ4n) is 5.39. The van der Waals surface area contributed by atoms with Crippen LogP contribution in [0.4, 0.5) is 8.78 Å². The lowest BCUT2D eigenvalue weighted by Crippen LogP contribution is -2.17. The average molecular weight is 375 g/mol. The molecule has 0 heterocycles. The highest BCUT2D eigenvalue weighted by atomic mass is 19.1. The van der Waals surface area contributed by atoms with E-state index in [2.05, 4.69) is 0 Å². The Kier molecular flexibility index (Phi) is 8.35. The number of allylic oxidation sites excluding steroid dienone is 1. The van der Waals surface area contributed by atoms with E-state index in [1.807, 2.05) is 12.1 Å². The lowest BCUT2D eigenvalue weighted by Gasteiger charge is -2.32. The molecule has 1 aromatic rings. The molecule has 0 radical (unpaired) electrons. The molecule has 1 aromatic carbocycles. The summed E-state index contributed by atoms with van der Waals surface area (Å²) in [4.78, 5) is 0. The zero-order chi connectivity index (χ0) is 18.9. The highest BCUT2D eigenvalue weighted by Gasteiger charge is 2.25. The molecular formula is C25H36F2. The van der Waals surface area contributed by atoms with Crippen LogP contribution in [0, 0.1) is 23.6 Å². The van der Waals surface area contributed by atoms with Crippen LogP contribution < -0.4 is 0 Å². The summed E-state index contributed by atoms with van der Waals surface area (Å²) in [5.41, 5.74) is 1.33. The standard InChI is InChI=1S/C25H36F2/c26-19-3-1-2-4-20-5-7-21(8-6-20)9-10-22-11-13-23(14-12-22)24-15-17-25(27)18-16-24/h3,15-23H,1-2,4-14H2. The van der Waals surface area contributed by atoms with Gasteiger partial charge in [-0.25, -0.2) is 8.78 Å². The van der Waals surface area contributed by atoms with E-state index >= 15 is 0 Å². The fourth-order valence-corrected chi connectivity index (χ4v) is 5.39. The molecule has 2 aliphatic carbocycles. The minimum atomic E-state index is -0.126. The van der Waals surface area contributed by atoms with Crippen LogP contribution in [0.5, 0.6) is 0 Å². The van der Waals surface area contributed by atoms with Crippen molar-refractivity contribution in [3.8, 4) is 0 Å². The number of hydrogen-bond donors (Lipinski definition) is 0. The van der Waals surface area contributed by atoms with Gasteiger partial charge in [-0.15, -0.1) is 0 Å². The third kappa shape index (κ3) is 6.73. The molecule has 0 atom stereocenters. The Hall–Kier alpha value is -1.18. The molecule has 3 rings (SSSR count). The van der Waals surface area contributed by atoms with E-state index in [0.717, 1.165) is 30.6 Å². The molecule has 150 valence electrons. The SMILES string of the molecule is FC=CCCCC1CCC(CCC2CCC(c3ccc(F)cc3)CC2)CC1. The van der Waals surface area contributed by atoms with Gasteiger partial charge in [0.15, 0.2) is 0 Å². The third-order valence-corrected chi connectivity index (χ3v) is 7.21. The molecule has 0 nitrogen and oxygen atoms in total. The second kappa shape index (κ2) is 11.0. The summed E-state index contributed by atoms with van der Waals surface area (Å²) in [5, 5.41) is 0. The number of unbranched alkanes of at least 4 members (excludes halogenated alkanes) is 1. The zero-order valence-corrected chi connectivity index (χ0v) is 16.7. The zero-order valence-electron chi connectivity index (χ0n) is 16.7. The lowest BCUT2D eigenvalue weighted by molar-refractivity contribution is 0.223.